The minimum Gasteiger partial charge on any atom is -0.489 e. The lowest BCUT2D eigenvalue weighted by molar-refractivity contribution is 0.0663. The van der Waals surface area contributed by atoms with Crippen LogP contribution >= 0.6 is 23.2 Å². The van der Waals surface area contributed by atoms with Crippen molar-refractivity contribution in [3.8, 4) is 5.75 Å². The molecule has 0 aliphatic carbocycles. The molecular weight excluding hydrogens is 359 g/mol. The molecule has 1 aliphatic rings. The molecule has 134 valence electrons. The lowest BCUT2D eigenvalue weighted by Crippen LogP contribution is -2.49. The van der Waals surface area contributed by atoms with E-state index in [1.807, 2.05) is 30.3 Å². The monoisotopic (exact) mass is 380 g/mol. The summed E-state index contributed by atoms with van der Waals surface area (Å²) < 4.78 is 5.61. The van der Waals surface area contributed by atoms with Crippen LogP contribution in [0.1, 0.15) is 0 Å². The smallest absolute Gasteiger partial charge is 0.138 e. The first kappa shape index (κ1) is 18.3. The third-order valence-corrected chi connectivity index (χ3v) is 4.83. The topological polar surface area (TPSA) is 35.9 Å². The molecule has 0 amide bonds. The third-order valence-electron chi connectivity index (χ3n) is 4.28. The number of benzene rings is 2. The molecule has 0 radical (unpaired) electrons. The van der Waals surface area contributed by atoms with Crippen LogP contribution in [0.5, 0.6) is 5.75 Å². The van der Waals surface area contributed by atoms with E-state index in [1.165, 1.54) is 0 Å². The number of rotatable bonds is 6. The van der Waals surface area contributed by atoms with Crippen molar-refractivity contribution in [3.63, 3.8) is 0 Å². The molecule has 0 bridgehead atoms. The molecule has 1 heterocycles. The number of anilines is 1. The van der Waals surface area contributed by atoms with E-state index in [2.05, 4.69) is 15.9 Å². The van der Waals surface area contributed by atoms with Crippen LogP contribution < -0.4 is 9.64 Å². The van der Waals surface area contributed by atoms with E-state index in [0.717, 1.165) is 36.9 Å². The minimum absolute atomic E-state index is 0.234. The summed E-state index contributed by atoms with van der Waals surface area (Å²) in [4.78, 5) is 4.57. The van der Waals surface area contributed by atoms with Gasteiger partial charge >= 0.3 is 0 Å². The van der Waals surface area contributed by atoms with Gasteiger partial charge in [-0.15, -0.1) is 0 Å². The number of halogens is 2. The fraction of sp³-hybridized carbons (Fsp3) is 0.368. The molecule has 25 heavy (non-hydrogen) atoms. The molecule has 2 aromatic rings. The van der Waals surface area contributed by atoms with Crippen molar-refractivity contribution in [1.82, 2.24) is 4.90 Å². The molecule has 1 saturated heterocycles. The maximum atomic E-state index is 10.2. The molecule has 0 aromatic heterocycles. The highest BCUT2D eigenvalue weighted by Gasteiger charge is 2.20. The van der Waals surface area contributed by atoms with Crippen LogP contribution in [-0.2, 0) is 0 Å². The molecule has 1 atom stereocenters. The summed E-state index contributed by atoms with van der Waals surface area (Å²) in [6.07, 6.45) is -0.547. The summed E-state index contributed by atoms with van der Waals surface area (Å²) in [5, 5.41) is 11.5. The number of hydrogen-bond acceptors (Lipinski definition) is 4. The highest BCUT2D eigenvalue weighted by atomic mass is 35.5. The quantitative estimate of drug-likeness (QED) is 0.830. The minimum atomic E-state index is -0.547. The number of ether oxygens (including phenoxy) is 1. The van der Waals surface area contributed by atoms with Gasteiger partial charge in [0.1, 0.15) is 18.5 Å². The first-order valence-corrected chi connectivity index (χ1v) is 9.15. The predicted molar refractivity (Wildman–Crippen MR) is 103 cm³/mol. The summed E-state index contributed by atoms with van der Waals surface area (Å²) in [5.41, 5.74) is 1.15. The number of hydrogen-bond donors (Lipinski definition) is 1. The number of β-amino-alcohol motifs (C(OH)–C–C–N with tert-alkyl or cyclic N) is 1. The lowest BCUT2D eigenvalue weighted by atomic mass is 10.2. The van der Waals surface area contributed by atoms with Gasteiger partial charge in [-0.25, -0.2) is 0 Å². The number of para-hydroxylation sites is 1. The van der Waals surface area contributed by atoms with Gasteiger partial charge in [-0.1, -0.05) is 41.4 Å². The molecule has 0 saturated carbocycles. The maximum absolute atomic E-state index is 10.2. The molecular formula is C19H22Cl2N2O2. The van der Waals surface area contributed by atoms with Gasteiger partial charge in [-0.2, -0.15) is 0 Å². The highest BCUT2D eigenvalue weighted by molar-refractivity contribution is 6.32. The van der Waals surface area contributed by atoms with Gasteiger partial charge < -0.3 is 14.7 Å². The Kier molecular flexibility index (Phi) is 6.43. The Morgan fingerprint density at radius 3 is 2.48 bits per heavy atom. The van der Waals surface area contributed by atoms with Gasteiger partial charge in [0.15, 0.2) is 0 Å². The summed E-state index contributed by atoms with van der Waals surface area (Å²) in [6.45, 7) is 4.45. The Labute approximate surface area is 158 Å². The molecule has 2 aromatic carbocycles. The number of piperazine rings is 1. The first-order valence-electron chi connectivity index (χ1n) is 8.40. The molecule has 0 spiro atoms. The Morgan fingerprint density at radius 2 is 1.76 bits per heavy atom. The molecule has 6 heteroatoms. The van der Waals surface area contributed by atoms with E-state index in [1.54, 1.807) is 12.1 Å². The van der Waals surface area contributed by atoms with Crippen molar-refractivity contribution in [2.45, 2.75) is 6.10 Å². The third kappa shape index (κ3) is 5.25. The van der Waals surface area contributed by atoms with Gasteiger partial charge in [-0.05, 0) is 30.3 Å². The number of aliphatic hydroxyl groups is 1. The van der Waals surface area contributed by atoms with Gasteiger partial charge in [0.2, 0.25) is 0 Å². The fourth-order valence-electron chi connectivity index (χ4n) is 2.96. The standard InChI is InChI=1S/C19H22Cl2N2O2/c20-15-4-3-5-16(12-15)23-10-8-22(9-11-23)13-17(24)14-25-19-7-2-1-6-18(19)21/h1-7,12,17,24H,8-11,13-14H2. The van der Waals surface area contributed by atoms with E-state index in [-0.39, 0.29) is 6.61 Å². The Balaban J connectivity index is 1.43. The SMILES string of the molecule is OC(COc1ccccc1Cl)CN1CCN(c2cccc(Cl)c2)CC1. The van der Waals surface area contributed by atoms with Gasteiger partial charge in [0, 0.05) is 43.4 Å². The van der Waals surface area contributed by atoms with Gasteiger partial charge in [0.05, 0.1) is 5.02 Å². The zero-order valence-electron chi connectivity index (χ0n) is 13.9. The zero-order chi connectivity index (χ0) is 17.6. The van der Waals surface area contributed by atoms with Crippen LogP contribution in [0.25, 0.3) is 0 Å². The van der Waals surface area contributed by atoms with Crippen LogP contribution in [-0.4, -0.2) is 55.4 Å². The first-order chi connectivity index (χ1) is 12.1. The molecule has 4 nitrogen and oxygen atoms in total. The van der Waals surface area contributed by atoms with Crippen molar-refractivity contribution in [2.24, 2.45) is 0 Å². The van der Waals surface area contributed by atoms with Crippen LogP contribution in [0.3, 0.4) is 0 Å². The largest absolute Gasteiger partial charge is 0.489 e. The highest BCUT2D eigenvalue weighted by Crippen LogP contribution is 2.23. The fourth-order valence-corrected chi connectivity index (χ4v) is 3.33. The second-order valence-corrected chi connectivity index (χ2v) is 7.01. The van der Waals surface area contributed by atoms with Gasteiger partial charge in [-0.3, -0.25) is 4.90 Å². The van der Waals surface area contributed by atoms with Crippen molar-refractivity contribution in [1.29, 1.82) is 0 Å². The molecule has 1 aliphatic heterocycles. The van der Waals surface area contributed by atoms with Crippen molar-refractivity contribution >= 4 is 28.9 Å². The van der Waals surface area contributed by atoms with E-state index in [0.29, 0.717) is 17.3 Å². The summed E-state index contributed by atoms with van der Waals surface area (Å²) >= 11 is 12.1. The summed E-state index contributed by atoms with van der Waals surface area (Å²) in [7, 11) is 0. The molecule has 1 unspecified atom stereocenters. The van der Waals surface area contributed by atoms with Crippen LogP contribution in [0.2, 0.25) is 10.0 Å². The van der Waals surface area contributed by atoms with E-state index in [9.17, 15) is 5.11 Å². The normalized spacial score (nSPS) is 16.7. The molecule has 1 fully saturated rings. The molecule has 3 rings (SSSR count). The number of aliphatic hydroxyl groups excluding tert-OH is 1. The lowest BCUT2D eigenvalue weighted by Gasteiger charge is -2.36. The summed E-state index contributed by atoms with van der Waals surface area (Å²) in [6, 6.07) is 15.2. The Hall–Kier alpha value is -1.46. The summed E-state index contributed by atoms with van der Waals surface area (Å²) in [5.74, 6) is 0.606. The van der Waals surface area contributed by atoms with E-state index >= 15 is 0 Å². The molecule has 1 N–H and O–H groups in total. The second-order valence-electron chi connectivity index (χ2n) is 6.16. The van der Waals surface area contributed by atoms with Crippen molar-refractivity contribution in [3.05, 3.63) is 58.6 Å². The van der Waals surface area contributed by atoms with Gasteiger partial charge in [0.25, 0.3) is 0 Å². The zero-order valence-corrected chi connectivity index (χ0v) is 15.5. The predicted octanol–water partition coefficient (Wildman–Crippen LogP) is 3.56. The average molecular weight is 381 g/mol. The number of nitrogens with zero attached hydrogens (tertiary/aromatic N) is 2. The second kappa shape index (κ2) is 8.77. The van der Waals surface area contributed by atoms with Crippen LogP contribution in [0.15, 0.2) is 48.5 Å². The Morgan fingerprint density at radius 1 is 1.00 bits per heavy atom. The average Bonchev–Trinajstić information content (AvgIpc) is 2.62. The van der Waals surface area contributed by atoms with Crippen LogP contribution in [0, 0.1) is 0 Å². The van der Waals surface area contributed by atoms with Crippen molar-refractivity contribution < 1.29 is 9.84 Å². The van der Waals surface area contributed by atoms with Crippen LogP contribution in [0.4, 0.5) is 5.69 Å². The van der Waals surface area contributed by atoms with E-state index < -0.39 is 6.10 Å². The van der Waals surface area contributed by atoms with E-state index in [4.69, 9.17) is 27.9 Å². The maximum Gasteiger partial charge on any atom is 0.138 e. The van der Waals surface area contributed by atoms with Crippen molar-refractivity contribution in [2.75, 3.05) is 44.2 Å². The Bertz CT molecular complexity index is 691.